The van der Waals surface area contributed by atoms with Crippen LogP contribution in [0.2, 0.25) is 0 Å². The molecule has 0 saturated carbocycles. The molecular formula is C7H11NS2. The molecule has 1 N–H and O–H groups in total. The van der Waals surface area contributed by atoms with Crippen LogP contribution in [0.1, 0.15) is 10.4 Å². The molecule has 0 spiro atoms. The van der Waals surface area contributed by atoms with Gasteiger partial charge in [0.2, 0.25) is 0 Å². The third-order valence-electron chi connectivity index (χ3n) is 1.37. The molecule has 1 aromatic heterocycles. The lowest BCUT2D eigenvalue weighted by molar-refractivity contribution is 0.807. The second kappa shape index (κ2) is 4.01. The summed E-state index contributed by atoms with van der Waals surface area (Å²) in [4.78, 5) is 1.41. The van der Waals surface area contributed by atoms with E-state index in [9.17, 15) is 0 Å². The van der Waals surface area contributed by atoms with Crippen LogP contribution in [0.4, 0.5) is 0 Å². The minimum Gasteiger partial charge on any atom is -0.303 e. The summed E-state index contributed by atoms with van der Waals surface area (Å²) in [7, 11) is 0. The van der Waals surface area contributed by atoms with E-state index < -0.39 is 0 Å². The summed E-state index contributed by atoms with van der Waals surface area (Å²) < 4.78 is 0. The summed E-state index contributed by atoms with van der Waals surface area (Å²) in [5.74, 6) is 0.747. The zero-order valence-corrected chi connectivity index (χ0v) is 7.64. The predicted molar refractivity (Wildman–Crippen MR) is 49.7 cm³/mol. The van der Waals surface area contributed by atoms with Gasteiger partial charge in [0.05, 0.1) is 0 Å². The highest BCUT2D eigenvalue weighted by Gasteiger charge is 1.96. The maximum Gasteiger partial charge on any atom is 0.0390 e. The average Bonchev–Trinajstić information content (AvgIpc) is 2.31. The van der Waals surface area contributed by atoms with Crippen LogP contribution in [0.15, 0.2) is 11.4 Å². The van der Waals surface area contributed by atoms with Gasteiger partial charge in [-0.2, -0.15) is 12.6 Å². The van der Waals surface area contributed by atoms with Gasteiger partial charge in [0.1, 0.15) is 0 Å². The molecule has 56 valence electrons. The molecule has 1 nitrogen and oxygen atoms in total. The Morgan fingerprint density at radius 3 is 3.00 bits per heavy atom. The van der Waals surface area contributed by atoms with Crippen LogP contribution in [-0.4, -0.2) is 5.88 Å². The van der Waals surface area contributed by atoms with Gasteiger partial charge in [-0.3, -0.25) is 0 Å². The Morgan fingerprint density at radius 1 is 1.70 bits per heavy atom. The maximum atomic E-state index is 4.06. The van der Waals surface area contributed by atoms with E-state index in [2.05, 4.69) is 36.3 Å². The minimum absolute atomic E-state index is 0.747. The van der Waals surface area contributed by atoms with Crippen molar-refractivity contribution in [1.29, 1.82) is 0 Å². The highest BCUT2D eigenvalue weighted by atomic mass is 32.1. The van der Waals surface area contributed by atoms with E-state index >= 15 is 0 Å². The van der Waals surface area contributed by atoms with E-state index in [4.69, 9.17) is 0 Å². The standard InChI is InChI=1S/C7H11NS2/c1-6-2-3-10-7(6)4-8-5-9/h2-3,8-9H,4-5H2,1H3. The van der Waals surface area contributed by atoms with Crippen molar-refractivity contribution in [3.8, 4) is 0 Å². The lowest BCUT2D eigenvalue weighted by atomic mass is 10.3. The van der Waals surface area contributed by atoms with E-state index in [1.165, 1.54) is 10.4 Å². The molecule has 0 bridgehead atoms. The lowest BCUT2D eigenvalue weighted by Crippen LogP contribution is -2.09. The lowest BCUT2D eigenvalue weighted by Gasteiger charge is -1.97. The van der Waals surface area contributed by atoms with Crippen molar-refractivity contribution in [3.63, 3.8) is 0 Å². The summed E-state index contributed by atoms with van der Waals surface area (Å²) in [6, 6.07) is 2.14. The number of aryl methyl sites for hydroxylation is 1. The molecule has 0 radical (unpaired) electrons. The van der Waals surface area contributed by atoms with E-state index in [1.807, 2.05) is 0 Å². The fraction of sp³-hybridized carbons (Fsp3) is 0.429. The van der Waals surface area contributed by atoms with Crippen molar-refractivity contribution in [2.75, 3.05) is 5.88 Å². The normalized spacial score (nSPS) is 10.2. The Bertz CT molecular complexity index is 195. The minimum atomic E-state index is 0.747. The van der Waals surface area contributed by atoms with Crippen LogP contribution in [0.5, 0.6) is 0 Å². The molecule has 0 aromatic carbocycles. The number of nitrogens with one attached hydrogen (secondary N) is 1. The summed E-state index contributed by atoms with van der Waals surface area (Å²) >= 11 is 5.85. The first-order valence-electron chi connectivity index (χ1n) is 3.19. The predicted octanol–water partition coefficient (Wildman–Crippen LogP) is 2.03. The third-order valence-corrected chi connectivity index (χ3v) is 2.61. The molecule has 0 aliphatic rings. The van der Waals surface area contributed by atoms with Crippen molar-refractivity contribution in [3.05, 3.63) is 21.9 Å². The molecule has 0 atom stereocenters. The molecule has 1 rings (SSSR count). The Balaban J connectivity index is 2.49. The molecule has 10 heavy (non-hydrogen) atoms. The van der Waals surface area contributed by atoms with E-state index in [0.717, 1.165) is 12.4 Å². The van der Waals surface area contributed by atoms with Crippen LogP contribution in [-0.2, 0) is 6.54 Å². The highest BCUT2D eigenvalue weighted by molar-refractivity contribution is 7.80. The Kier molecular flexibility index (Phi) is 3.25. The van der Waals surface area contributed by atoms with Gasteiger partial charge in [-0.25, -0.2) is 0 Å². The largest absolute Gasteiger partial charge is 0.303 e. The fourth-order valence-electron chi connectivity index (χ4n) is 0.755. The highest BCUT2D eigenvalue weighted by Crippen LogP contribution is 2.14. The quantitative estimate of drug-likeness (QED) is 0.526. The summed E-state index contributed by atoms with van der Waals surface area (Å²) in [6.07, 6.45) is 0. The van der Waals surface area contributed by atoms with E-state index in [0.29, 0.717) is 0 Å². The first-order valence-corrected chi connectivity index (χ1v) is 4.70. The summed E-state index contributed by atoms with van der Waals surface area (Å²) in [5.41, 5.74) is 1.37. The number of hydrogen-bond acceptors (Lipinski definition) is 3. The number of thiophene rings is 1. The van der Waals surface area contributed by atoms with Gasteiger partial charge in [0, 0.05) is 17.3 Å². The molecule has 0 fully saturated rings. The number of rotatable bonds is 3. The SMILES string of the molecule is Cc1ccsc1CNCS. The monoisotopic (exact) mass is 173 g/mol. The third kappa shape index (κ3) is 2.01. The Morgan fingerprint density at radius 2 is 2.50 bits per heavy atom. The van der Waals surface area contributed by atoms with Gasteiger partial charge in [-0.05, 0) is 23.9 Å². The molecular weight excluding hydrogens is 162 g/mol. The average molecular weight is 173 g/mol. The van der Waals surface area contributed by atoms with Gasteiger partial charge in [0.15, 0.2) is 0 Å². The molecule has 0 saturated heterocycles. The van der Waals surface area contributed by atoms with Gasteiger partial charge in [0.25, 0.3) is 0 Å². The van der Waals surface area contributed by atoms with Gasteiger partial charge in [-0.1, -0.05) is 0 Å². The fourth-order valence-corrected chi connectivity index (χ4v) is 1.74. The van der Waals surface area contributed by atoms with Crippen molar-refractivity contribution >= 4 is 24.0 Å². The first-order chi connectivity index (χ1) is 4.84. The van der Waals surface area contributed by atoms with Gasteiger partial charge in [-0.15, -0.1) is 11.3 Å². The van der Waals surface area contributed by atoms with Crippen molar-refractivity contribution < 1.29 is 0 Å². The maximum absolute atomic E-state index is 4.06. The molecule has 0 unspecified atom stereocenters. The van der Waals surface area contributed by atoms with Gasteiger partial charge >= 0.3 is 0 Å². The molecule has 0 aliphatic carbocycles. The number of hydrogen-bond donors (Lipinski definition) is 2. The second-order valence-corrected chi connectivity index (χ2v) is 3.43. The van der Waals surface area contributed by atoms with E-state index in [1.54, 1.807) is 11.3 Å². The molecule has 3 heteroatoms. The molecule has 0 amide bonds. The van der Waals surface area contributed by atoms with E-state index in [-0.39, 0.29) is 0 Å². The van der Waals surface area contributed by atoms with Crippen molar-refractivity contribution in [1.82, 2.24) is 5.32 Å². The molecule has 1 heterocycles. The Hall–Kier alpha value is 0.01000. The van der Waals surface area contributed by atoms with Gasteiger partial charge < -0.3 is 5.32 Å². The summed E-state index contributed by atoms with van der Waals surface area (Å²) in [6.45, 7) is 3.08. The topological polar surface area (TPSA) is 12.0 Å². The van der Waals surface area contributed by atoms with Crippen LogP contribution in [0.25, 0.3) is 0 Å². The number of thiol groups is 1. The van der Waals surface area contributed by atoms with Crippen LogP contribution < -0.4 is 5.32 Å². The first kappa shape index (κ1) is 8.11. The zero-order chi connectivity index (χ0) is 7.40. The van der Waals surface area contributed by atoms with Crippen LogP contribution in [0, 0.1) is 6.92 Å². The molecule has 0 aliphatic heterocycles. The smallest absolute Gasteiger partial charge is 0.0390 e. The Labute approximate surface area is 70.9 Å². The van der Waals surface area contributed by atoms with Crippen molar-refractivity contribution in [2.24, 2.45) is 0 Å². The second-order valence-electron chi connectivity index (χ2n) is 2.11. The molecule has 1 aromatic rings. The van der Waals surface area contributed by atoms with Crippen LogP contribution in [0.3, 0.4) is 0 Å². The zero-order valence-electron chi connectivity index (χ0n) is 5.92. The van der Waals surface area contributed by atoms with Crippen LogP contribution >= 0.6 is 24.0 Å². The van der Waals surface area contributed by atoms with Crippen molar-refractivity contribution in [2.45, 2.75) is 13.5 Å². The summed E-state index contributed by atoms with van der Waals surface area (Å²) in [5, 5.41) is 5.28.